The Morgan fingerprint density at radius 1 is 1.36 bits per heavy atom. The first-order valence-corrected chi connectivity index (χ1v) is 7.55. The third-order valence-corrected chi connectivity index (χ3v) is 4.61. The standard InChI is InChI=1S/C15H24F3N3O/c1-10(2)14(4,9-19)20-13(22)11(3)21-7-5-6-12(8-21)15(16,17)18/h10-12H,5-8H2,1-4H3,(H,20,22). The van der Waals surface area contributed by atoms with Crippen molar-refractivity contribution in [1.29, 1.82) is 5.26 Å². The fourth-order valence-electron chi connectivity index (χ4n) is 2.45. The van der Waals surface area contributed by atoms with Crippen LogP contribution in [0.2, 0.25) is 0 Å². The molecule has 0 saturated carbocycles. The third-order valence-electron chi connectivity index (χ3n) is 4.61. The molecule has 1 heterocycles. The molecule has 22 heavy (non-hydrogen) atoms. The van der Waals surface area contributed by atoms with E-state index < -0.39 is 29.6 Å². The fraction of sp³-hybridized carbons (Fsp3) is 0.867. The number of alkyl halides is 3. The van der Waals surface area contributed by atoms with Gasteiger partial charge in [0.25, 0.3) is 0 Å². The van der Waals surface area contributed by atoms with Crippen molar-refractivity contribution in [1.82, 2.24) is 10.2 Å². The van der Waals surface area contributed by atoms with Gasteiger partial charge in [-0.1, -0.05) is 13.8 Å². The van der Waals surface area contributed by atoms with Crippen molar-refractivity contribution in [2.75, 3.05) is 13.1 Å². The van der Waals surface area contributed by atoms with Gasteiger partial charge in [-0.3, -0.25) is 9.69 Å². The van der Waals surface area contributed by atoms with Gasteiger partial charge in [0, 0.05) is 6.54 Å². The lowest BCUT2D eigenvalue weighted by molar-refractivity contribution is -0.189. The molecular weight excluding hydrogens is 295 g/mol. The van der Waals surface area contributed by atoms with Crippen LogP contribution >= 0.6 is 0 Å². The molecule has 0 radical (unpaired) electrons. The fourth-order valence-corrected chi connectivity index (χ4v) is 2.45. The molecule has 1 aliphatic rings. The van der Waals surface area contributed by atoms with Crippen LogP contribution < -0.4 is 5.32 Å². The maximum absolute atomic E-state index is 12.8. The van der Waals surface area contributed by atoms with E-state index >= 15 is 0 Å². The lowest BCUT2D eigenvalue weighted by Crippen LogP contribution is -2.57. The molecule has 0 aromatic rings. The van der Waals surface area contributed by atoms with Crippen molar-refractivity contribution < 1.29 is 18.0 Å². The predicted molar refractivity (Wildman–Crippen MR) is 76.8 cm³/mol. The van der Waals surface area contributed by atoms with Gasteiger partial charge in [-0.25, -0.2) is 0 Å². The lowest BCUT2D eigenvalue weighted by Gasteiger charge is -2.38. The maximum Gasteiger partial charge on any atom is 0.393 e. The van der Waals surface area contributed by atoms with Crippen LogP contribution in [-0.4, -0.2) is 41.7 Å². The number of nitrogens with zero attached hydrogens (tertiary/aromatic N) is 2. The molecule has 1 amide bonds. The zero-order valence-electron chi connectivity index (χ0n) is 13.5. The highest BCUT2D eigenvalue weighted by atomic mass is 19.4. The van der Waals surface area contributed by atoms with Crippen molar-refractivity contribution in [3.63, 3.8) is 0 Å². The van der Waals surface area contributed by atoms with Crippen molar-refractivity contribution in [3.05, 3.63) is 0 Å². The number of nitrogens with one attached hydrogen (secondary N) is 1. The summed E-state index contributed by atoms with van der Waals surface area (Å²) >= 11 is 0. The molecule has 0 spiro atoms. The number of carbonyl (C=O) groups excluding carboxylic acids is 1. The van der Waals surface area contributed by atoms with E-state index in [1.807, 2.05) is 13.8 Å². The Balaban J connectivity index is 2.73. The van der Waals surface area contributed by atoms with E-state index in [1.54, 1.807) is 18.7 Å². The Labute approximate surface area is 129 Å². The number of piperidine rings is 1. The van der Waals surface area contributed by atoms with E-state index in [2.05, 4.69) is 11.4 Å². The van der Waals surface area contributed by atoms with E-state index in [0.717, 1.165) is 0 Å². The number of carbonyl (C=O) groups is 1. The van der Waals surface area contributed by atoms with E-state index in [9.17, 15) is 23.2 Å². The van der Waals surface area contributed by atoms with E-state index in [-0.39, 0.29) is 18.9 Å². The minimum Gasteiger partial charge on any atom is -0.336 e. The molecule has 1 saturated heterocycles. The summed E-state index contributed by atoms with van der Waals surface area (Å²) in [5.74, 6) is -1.89. The van der Waals surface area contributed by atoms with Gasteiger partial charge in [0.1, 0.15) is 5.54 Å². The van der Waals surface area contributed by atoms with E-state index in [4.69, 9.17) is 0 Å². The van der Waals surface area contributed by atoms with Crippen LogP contribution in [0, 0.1) is 23.2 Å². The smallest absolute Gasteiger partial charge is 0.336 e. The molecule has 3 unspecified atom stereocenters. The summed E-state index contributed by atoms with van der Waals surface area (Å²) in [7, 11) is 0. The van der Waals surface area contributed by atoms with Crippen LogP contribution in [0.5, 0.6) is 0 Å². The highest BCUT2D eigenvalue weighted by molar-refractivity contribution is 5.82. The van der Waals surface area contributed by atoms with Crippen molar-refractivity contribution in [3.8, 4) is 6.07 Å². The van der Waals surface area contributed by atoms with Gasteiger partial charge < -0.3 is 5.32 Å². The SMILES string of the molecule is CC(C(=O)NC(C)(C#N)C(C)C)N1CCCC(C(F)(F)F)C1. The zero-order valence-corrected chi connectivity index (χ0v) is 13.5. The summed E-state index contributed by atoms with van der Waals surface area (Å²) in [6.45, 7) is 7.14. The van der Waals surface area contributed by atoms with Gasteiger partial charge >= 0.3 is 6.18 Å². The number of hydrogen-bond donors (Lipinski definition) is 1. The molecule has 3 atom stereocenters. The largest absolute Gasteiger partial charge is 0.393 e. The van der Waals surface area contributed by atoms with Gasteiger partial charge in [-0.15, -0.1) is 0 Å². The molecule has 0 aromatic heterocycles. The second-order valence-electron chi connectivity index (χ2n) is 6.51. The summed E-state index contributed by atoms with van der Waals surface area (Å²) < 4.78 is 38.5. The Hall–Kier alpha value is -1.29. The summed E-state index contributed by atoms with van der Waals surface area (Å²) in [5, 5.41) is 11.9. The highest BCUT2D eigenvalue weighted by Crippen LogP contribution is 2.33. The number of halogens is 3. The second kappa shape index (κ2) is 6.86. The maximum atomic E-state index is 12.8. The number of hydrogen-bond acceptors (Lipinski definition) is 3. The van der Waals surface area contributed by atoms with Gasteiger partial charge in [0.15, 0.2) is 0 Å². The van der Waals surface area contributed by atoms with Gasteiger partial charge in [-0.05, 0) is 39.2 Å². The van der Waals surface area contributed by atoms with Crippen LogP contribution in [0.15, 0.2) is 0 Å². The Bertz CT molecular complexity index is 444. The summed E-state index contributed by atoms with van der Waals surface area (Å²) in [6, 6.07) is 1.39. The average molecular weight is 319 g/mol. The monoisotopic (exact) mass is 319 g/mol. The van der Waals surface area contributed by atoms with Gasteiger partial charge in [0.05, 0.1) is 18.0 Å². The molecule has 4 nitrogen and oxygen atoms in total. The first kappa shape index (κ1) is 18.8. The summed E-state index contributed by atoms with van der Waals surface area (Å²) in [6.07, 6.45) is -3.70. The van der Waals surface area contributed by atoms with Gasteiger partial charge in [-0.2, -0.15) is 18.4 Å². The van der Waals surface area contributed by atoms with Crippen molar-refractivity contribution in [2.45, 2.75) is 58.3 Å². The molecule has 1 rings (SSSR count). The molecule has 126 valence electrons. The average Bonchev–Trinajstić information content (AvgIpc) is 2.45. The number of amides is 1. The minimum atomic E-state index is -4.23. The van der Waals surface area contributed by atoms with Crippen LogP contribution in [0.3, 0.4) is 0 Å². The normalized spacial score (nSPS) is 24.4. The molecule has 1 fully saturated rings. The highest BCUT2D eigenvalue weighted by Gasteiger charge is 2.43. The van der Waals surface area contributed by atoms with E-state index in [1.165, 1.54) is 0 Å². The first-order chi connectivity index (χ1) is 10.0. The number of rotatable bonds is 4. The summed E-state index contributed by atoms with van der Waals surface area (Å²) in [4.78, 5) is 13.8. The lowest BCUT2D eigenvalue weighted by atomic mass is 9.89. The molecule has 7 heteroatoms. The predicted octanol–water partition coefficient (Wildman–Crippen LogP) is 2.70. The molecule has 0 aliphatic carbocycles. The Morgan fingerprint density at radius 3 is 2.41 bits per heavy atom. The zero-order chi connectivity index (χ0) is 17.1. The van der Waals surface area contributed by atoms with E-state index in [0.29, 0.717) is 13.0 Å². The molecule has 1 aliphatic heterocycles. The van der Waals surface area contributed by atoms with Crippen LogP contribution in [0.1, 0.15) is 40.5 Å². The first-order valence-electron chi connectivity index (χ1n) is 7.55. The Kier molecular flexibility index (Phi) is 5.85. The molecule has 0 bridgehead atoms. The molecule has 0 aromatic carbocycles. The third kappa shape index (κ3) is 4.35. The van der Waals surface area contributed by atoms with Crippen molar-refractivity contribution in [2.24, 2.45) is 11.8 Å². The Morgan fingerprint density at radius 2 is 1.95 bits per heavy atom. The van der Waals surface area contributed by atoms with Crippen LogP contribution in [-0.2, 0) is 4.79 Å². The number of likely N-dealkylation sites (tertiary alicyclic amines) is 1. The topological polar surface area (TPSA) is 56.1 Å². The quantitative estimate of drug-likeness (QED) is 0.867. The van der Waals surface area contributed by atoms with Crippen molar-refractivity contribution >= 4 is 5.91 Å². The van der Waals surface area contributed by atoms with Crippen LogP contribution in [0.25, 0.3) is 0 Å². The summed E-state index contributed by atoms with van der Waals surface area (Å²) in [5.41, 5.74) is -1.02. The molecule has 1 N–H and O–H groups in total. The van der Waals surface area contributed by atoms with Gasteiger partial charge in [0.2, 0.25) is 5.91 Å². The number of nitriles is 1. The minimum absolute atomic E-state index is 0.0991. The second-order valence-corrected chi connectivity index (χ2v) is 6.51. The molecular formula is C15H24F3N3O. The van der Waals surface area contributed by atoms with Crippen LogP contribution in [0.4, 0.5) is 13.2 Å².